The SMILES string of the molecule is Cc1ccnc(C(=O)NC2C[C@H](C)C[C@H](c3ccccn3)C2)c1O. The van der Waals surface area contributed by atoms with Gasteiger partial charge < -0.3 is 10.4 Å². The Morgan fingerprint density at radius 3 is 2.75 bits per heavy atom. The molecule has 0 aliphatic heterocycles. The third-order valence-corrected chi connectivity index (χ3v) is 4.73. The fraction of sp³-hybridized carbons (Fsp3) is 0.421. The van der Waals surface area contributed by atoms with Gasteiger partial charge in [-0.15, -0.1) is 0 Å². The number of rotatable bonds is 3. The standard InChI is InChI=1S/C19H23N3O2/c1-12-9-14(16-5-3-4-7-20-16)11-15(10-12)22-19(24)17-18(23)13(2)6-8-21-17/h3-8,12,14-15,23H,9-11H2,1-2H3,(H,22,24)/t12-,14+,15?/m1/s1. The second-order valence-electron chi connectivity index (χ2n) is 6.76. The Labute approximate surface area is 142 Å². The normalized spacial score (nSPS) is 23.7. The number of amides is 1. The van der Waals surface area contributed by atoms with E-state index >= 15 is 0 Å². The van der Waals surface area contributed by atoms with Crippen molar-refractivity contribution in [2.75, 3.05) is 0 Å². The molecule has 2 aromatic heterocycles. The highest BCUT2D eigenvalue weighted by Crippen LogP contribution is 2.35. The van der Waals surface area contributed by atoms with E-state index in [-0.39, 0.29) is 23.4 Å². The van der Waals surface area contributed by atoms with Crippen molar-refractivity contribution in [2.45, 2.75) is 45.1 Å². The van der Waals surface area contributed by atoms with Crippen molar-refractivity contribution >= 4 is 5.91 Å². The summed E-state index contributed by atoms with van der Waals surface area (Å²) in [5.74, 6) is 0.504. The van der Waals surface area contributed by atoms with Crippen LogP contribution >= 0.6 is 0 Å². The first-order valence-electron chi connectivity index (χ1n) is 8.41. The molecule has 1 aliphatic carbocycles. The first-order chi connectivity index (χ1) is 11.5. The highest BCUT2D eigenvalue weighted by atomic mass is 16.3. The minimum Gasteiger partial charge on any atom is -0.505 e. The molecule has 2 aromatic rings. The van der Waals surface area contributed by atoms with Gasteiger partial charge in [-0.05, 0) is 55.9 Å². The molecule has 3 rings (SSSR count). The summed E-state index contributed by atoms with van der Waals surface area (Å²) in [6.45, 7) is 3.96. The third-order valence-electron chi connectivity index (χ3n) is 4.73. The monoisotopic (exact) mass is 325 g/mol. The molecule has 2 N–H and O–H groups in total. The van der Waals surface area contributed by atoms with E-state index in [9.17, 15) is 9.90 Å². The Balaban J connectivity index is 1.72. The number of pyridine rings is 2. The second-order valence-corrected chi connectivity index (χ2v) is 6.76. The fourth-order valence-corrected chi connectivity index (χ4v) is 3.55. The number of nitrogens with zero attached hydrogens (tertiary/aromatic N) is 2. The van der Waals surface area contributed by atoms with Crippen molar-refractivity contribution in [2.24, 2.45) is 5.92 Å². The maximum atomic E-state index is 12.5. The Morgan fingerprint density at radius 2 is 2.00 bits per heavy atom. The summed E-state index contributed by atoms with van der Waals surface area (Å²) in [4.78, 5) is 21.0. The summed E-state index contributed by atoms with van der Waals surface area (Å²) in [5.41, 5.74) is 1.83. The molecule has 24 heavy (non-hydrogen) atoms. The van der Waals surface area contributed by atoms with E-state index < -0.39 is 0 Å². The van der Waals surface area contributed by atoms with Crippen LogP contribution in [-0.4, -0.2) is 27.0 Å². The molecule has 1 unspecified atom stereocenters. The molecule has 1 saturated carbocycles. The molecule has 0 aromatic carbocycles. The summed E-state index contributed by atoms with van der Waals surface area (Å²) in [5, 5.41) is 13.1. The number of aromatic hydroxyl groups is 1. The molecule has 0 radical (unpaired) electrons. The van der Waals surface area contributed by atoms with E-state index in [1.165, 1.54) is 0 Å². The first kappa shape index (κ1) is 16.4. The summed E-state index contributed by atoms with van der Waals surface area (Å²) in [6.07, 6.45) is 6.24. The van der Waals surface area contributed by atoms with Crippen LogP contribution in [-0.2, 0) is 0 Å². The predicted octanol–water partition coefficient (Wildman–Crippen LogP) is 3.19. The van der Waals surface area contributed by atoms with E-state index in [0.29, 0.717) is 17.4 Å². The number of aromatic nitrogens is 2. The van der Waals surface area contributed by atoms with E-state index in [4.69, 9.17) is 0 Å². The second kappa shape index (κ2) is 6.99. The molecule has 1 fully saturated rings. The van der Waals surface area contributed by atoms with E-state index in [0.717, 1.165) is 25.0 Å². The number of nitrogens with one attached hydrogen (secondary N) is 1. The maximum absolute atomic E-state index is 12.5. The number of carbonyl (C=O) groups is 1. The average Bonchev–Trinajstić information content (AvgIpc) is 2.57. The molecule has 0 bridgehead atoms. The lowest BCUT2D eigenvalue weighted by Crippen LogP contribution is -2.40. The summed E-state index contributed by atoms with van der Waals surface area (Å²) < 4.78 is 0. The van der Waals surface area contributed by atoms with Gasteiger partial charge in [-0.2, -0.15) is 0 Å². The van der Waals surface area contributed by atoms with Crippen LogP contribution in [0, 0.1) is 12.8 Å². The zero-order chi connectivity index (χ0) is 17.1. The highest BCUT2D eigenvalue weighted by Gasteiger charge is 2.30. The van der Waals surface area contributed by atoms with Crippen LogP contribution in [0.5, 0.6) is 5.75 Å². The van der Waals surface area contributed by atoms with Crippen LogP contribution < -0.4 is 5.32 Å². The molecule has 2 heterocycles. The zero-order valence-corrected chi connectivity index (χ0v) is 14.1. The minimum atomic E-state index is -0.310. The van der Waals surface area contributed by atoms with Gasteiger partial charge in [0, 0.05) is 30.0 Å². The summed E-state index contributed by atoms with van der Waals surface area (Å²) >= 11 is 0. The lowest BCUT2D eigenvalue weighted by molar-refractivity contribution is 0.0908. The van der Waals surface area contributed by atoms with Gasteiger partial charge in [0.25, 0.3) is 5.91 Å². The molecular formula is C19H23N3O2. The van der Waals surface area contributed by atoms with Crippen molar-refractivity contribution in [3.05, 3.63) is 53.6 Å². The molecule has 1 aliphatic rings. The van der Waals surface area contributed by atoms with Crippen molar-refractivity contribution in [1.29, 1.82) is 0 Å². The van der Waals surface area contributed by atoms with Gasteiger partial charge in [0.2, 0.25) is 0 Å². The van der Waals surface area contributed by atoms with Crippen LogP contribution in [0.25, 0.3) is 0 Å². The van der Waals surface area contributed by atoms with Crippen molar-refractivity contribution in [3.63, 3.8) is 0 Å². The van der Waals surface area contributed by atoms with Gasteiger partial charge in [0.05, 0.1) is 0 Å². The Hall–Kier alpha value is -2.43. The maximum Gasteiger partial charge on any atom is 0.273 e. The predicted molar refractivity (Wildman–Crippen MR) is 91.9 cm³/mol. The first-order valence-corrected chi connectivity index (χ1v) is 8.41. The molecule has 0 saturated heterocycles. The zero-order valence-electron chi connectivity index (χ0n) is 14.1. The van der Waals surface area contributed by atoms with Gasteiger partial charge in [-0.25, -0.2) is 4.98 Å². The lowest BCUT2D eigenvalue weighted by atomic mass is 9.78. The summed E-state index contributed by atoms with van der Waals surface area (Å²) in [7, 11) is 0. The lowest BCUT2D eigenvalue weighted by Gasteiger charge is -2.33. The number of hydrogen-bond donors (Lipinski definition) is 2. The molecule has 126 valence electrons. The molecule has 5 nitrogen and oxygen atoms in total. The number of carbonyl (C=O) groups excluding carboxylic acids is 1. The van der Waals surface area contributed by atoms with E-state index in [1.807, 2.05) is 18.3 Å². The van der Waals surface area contributed by atoms with Crippen LogP contribution in [0.4, 0.5) is 0 Å². The van der Waals surface area contributed by atoms with Crippen molar-refractivity contribution < 1.29 is 9.90 Å². The fourth-order valence-electron chi connectivity index (χ4n) is 3.55. The van der Waals surface area contributed by atoms with Crippen molar-refractivity contribution in [1.82, 2.24) is 15.3 Å². The van der Waals surface area contributed by atoms with Crippen LogP contribution in [0.1, 0.15) is 53.8 Å². The van der Waals surface area contributed by atoms with Crippen LogP contribution in [0.15, 0.2) is 36.7 Å². The number of aryl methyl sites for hydroxylation is 1. The molecule has 3 atom stereocenters. The van der Waals surface area contributed by atoms with E-state index in [1.54, 1.807) is 19.2 Å². The van der Waals surface area contributed by atoms with Gasteiger partial charge in [0.15, 0.2) is 5.69 Å². The average molecular weight is 325 g/mol. The minimum absolute atomic E-state index is 0.0415. The topological polar surface area (TPSA) is 75.1 Å². The molecule has 0 spiro atoms. The number of hydrogen-bond acceptors (Lipinski definition) is 4. The highest BCUT2D eigenvalue weighted by molar-refractivity contribution is 5.95. The van der Waals surface area contributed by atoms with Crippen LogP contribution in [0.3, 0.4) is 0 Å². The Kier molecular flexibility index (Phi) is 4.79. The Morgan fingerprint density at radius 1 is 1.17 bits per heavy atom. The molecule has 5 heteroatoms. The van der Waals surface area contributed by atoms with Gasteiger partial charge in [-0.3, -0.25) is 9.78 Å². The van der Waals surface area contributed by atoms with Gasteiger partial charge in [0.1, 0.15) is 5.75 Å². The van der Waals surface area contributed by atoms with E-state index in [2.05, 4.69) is 28.3 Å². The Bertz CT molecular complexity index is 718. The molecule has 1 amide bonds. The van der Waals surface area contributed by atoms with Gasteiger partial charge in [-0.1, -0.05) is 13.0 Å². The smallest absolute Gasteiger partial charge is 0.273 e. The quantitative estimate of drug-likeness (QED) is 0.909. The largest absolute Gasteiger partial charge is 0.505 e. The van der Waals surface area contributed by atoms with Crippen LogP contribution in [0.2, 0.25) is 0 Å². The van der Waals surface area contributed by atoms with Crippen molar-refractivity contribution in [3.8, 4) is 5.75 Å². The summed E-state index contributed by atoms with van der Waals surface area (Å²) in [6, 6.07) is 7.72. The van der Waals surface area contributed by atoms with Gasteiger partial charge >= 0.3 is 0 Å². The molecular weight excluding hydrogens is 302 g/mol. The third kappa shape index (κ3) is 3.55.